The first kappa shape index (κ1) is 14.6. The van der Waals surface area contributed by atoms with Crippen LogP contribution in [0.1, 0.15) is 47.2 Å². The van der Waals surface area contributed by atoms with Crippen molar-refractivity contribution in [2.75, 3.05) is 0 Å². The molecule has 2 aliphatic heterocycles. The lowest BCUT2D eigenvalue weighted by molar-refractivity contribution is -0.137. The number of carbonyl (C=O) groups excluding carboxylic acids is 1. The van der Waals surface area contributed by atoms with Gasteiger partial charge in [0, 0.05) is 11.5 Å². The lowest BCUT2D eigenvalue weighted by atomic mass is 9.87. The van der Waals surface area contributed by atoms with Crippen molar-refractivity contribution in [3.63, 3.8) is 0 Å². The van der Waals surface area contributed by atoms with Crippen LogP contribution in [0.2, 0.25) is 0 Å². The molecule has 2 saturated heterocycles. The maximum absolute atomic E-state index is 12.9. The van der Waals surface area contributed by atoms with Gasteiger partial charge in [-0.15, -0.1) is 0 Å². The van der Waals surface area contributed by atoms with Crippen molar-refractivity contribution >= 4 is 5.78 Å². The molecular formula is C16H17F3O2. The third kappa shape index (κ3) is 2.98. The Labute approximate surface area is 121 Å². The van der Waals surface area contributed by atoms with E-state index in [-0.39, 0.29) is 29.5 Å². The topological polar surface area (TPSA) is 26.3 Å². The Morgan fingerprint density at radius 3 is 2.33 bits per heavy atom. The minimum Gasteiger partial charge on any atom is -0.375 e. The van der Waals surface area contributed by atoms with Crippen LogP contribution >= 0.6 is 0 Å². The molecule has 0 aliphatic carbocycles. The predicted molar refractivity (Wildman–Crippen MR) is 71.1 cm³/mol. The number of aryl methyl sites for hydroxylation is 1. The summed E-state index contributed by atoms with van der Waals surface area (Å²) in [5, 5.41) is 0. The third-order valence-electron chi connectivity index (χ3n) is 4.35. The summed E-state index contributed by atoms with van der Waals surface area (Å²) < 4.78 is 44.3. The van der Waals surface area contributed by atoms with E-state index in [0.717, 1.165) is 25.0 Å². The summed E-state index contributed by atoms with van der Waals surface area (Å²) in [6, 6.07) is 3.60. The maximum Gasteiger partial charge on any atom is 0.416 e. The standard InChI is InChI=1S/C16H17F3O2/c1-9-4-10(6-12(5-9)16(17,18)19)15(20)11-7-13-2-3-14(8-11)21-13/h4-6,11,13-14H,2-3,7-8H2,1H3. The second-order valence-electron chi connectivity index (χ2n) is 6.08. The SMILES string of the molecule is Cc1cc(C(=O)C2CC3CCC(C2)O3)cc(C(F)(F)F)c1. The van der Waals surface area contributed by atoms with E-state index >= 15 is 0 Å². The Bertz CT molecular complexity index is 553. The summed E-state index contributed by atoms with van der Waals surface area (Å²) >= 11 is 0. The zero-order valence-electron chi connectivity index (χ0n) is 11.7. The van der Waals surface area contributed by atoms with Gasteiger partial charge in [0.2, 0.25) is 0 Å². The Morgan fingerprint density at radius 2 is 1.76 bits per heavy atom. The molecule has 0 radical (unpaired) electrons. The molecule has 2 bridgehead atoms. The molecule has 1 aromatic carbocycles. The Morgan fingerprint density at radius 1 is 1.14 bits per heavy atom. The van der Waals surface area contributed by atoms with Gasteiger partial charge in [-0.05, 0) is 56.4 Å². The highest BCUT2D eigenvalue weighted by Crippen LogP contribution is 2.38. The van der Waals surface area contributed by atoms with Crippen LogP contribution in [0.3, 0.4) is 0 Å². The number of hydrogen-bond donors (Lipinski definition) is 0. The first-order valence-electron chi connectivity index (χ1n) is 7.21. The van der Waals surface area contributed by atoms with E-state index in [1.54, 1.807) is 13.0 Å². The van der Waals surface area contributed by atoms with Crippen molar-refractivity contribution in [3.8, 4) is 0 Å². The Balaban J connectivity index is 1.86. The highest BCUT2D eigenvalue weighted by atomic mass is 19.4. The van der Waals surface area contributed by atoms with Crippen molar-refractivity contribution < 1.29 is 22.7 Å². The zero-order chi connectivity index (χ0) is 15.2. The molecule has 2 atom stereocenters. The van der Waals surface area contributed by atoms with Crippen LogP contribution in [0.5, 0.6) is 0 Å². The van der Waals surface area contributed by atoms with Gasteiger partial charge in [-0.3, -0.25) is 4.79 Å². The molecule has 21 heavy (non-hydrogen) atoms. The molecule has 0 spiro atoms. The van der Waals surface area contributed by atoms with Crippen LogP contribution < -0.4 is 0 Å². The molecule has 0 amide bonds. The van der Waals surface area contributed by atoms with Crippen LogP contribution in [0.15, 0.2) is 18.2 Å². The van der Waals surface area contributed by atoms with Crippen molar-refractivity contribution in [3.05, 3.63) is 34.9 Å². The number of Topliss-reactive ketones (excluding diaryl/α,β-unsaturated/α-hetero) is 1. The summed E-state index contributed by atoms with van der Waals surface area (Å²) in [5.41, 5.74) is -0.113. The molecule has 0 N–H and O–H groups in total. The summed E-state index contributed by atoms with van der Waals surface area (Å²) in [5.74, 6) is -0.386. The number of rotatable bonds is 2. The zero-order valence-corrected chi connectivity index (χ0v) is 11.7. The van der Waals surface area contributed by atoms with E-state index in [0.29, 0.717) is 18.4 Å². The quantitative estimate of drug-likeness (QED) is 0.767. The van der Waals surface area contributed by atoms with Crippen molar-refractivity contribution in [1.29, 1.82) is 0 Å². The normalized spacial score (nSPS) is 28.7. The highest BCUT2D eigenvalue weighted by Gasteiger charge is 2.39. The fraction of sp³-hybridized carbons (Fsp3) is 0.562. The Hall–Kier alpha value is -1.36. The maximum atomic E-state index is 12.9. The van der Waals surface area contributed by atoms with Crippen molar-refractivity contribution in [2.45, 2.75) is 51.0 Å². The summed E-state index contributed by atoms with van der Waals surface area (Å²) in [7, 11) is 0. The molecule has 3 rings (SSSR count). The van der Waals surface area contributed by atoms with Crippen LogP contribution in [0, 0.1) is 12.8 Å². The molecule has 5 heteroatoms. The van der Waals surface area contributed by atoms with Gasteiger partial charge in [-0.1, -0.05) is 0 Å². The third-order valence-corrected chi connectivity index (χ3v) is 4.35. The number of ketones is 1. The summed E-state index contributed by atoms with van der Waals surface area (Å²) in [6.07, 6.45) is -1.05. The minimum atomic E-state index is -4.42. The highest BCUT2D eigenvalue weighted by molar-refractivity contribution is 5.98. The van der Waals surface area contributed by atoms with Crippen molar-refractivity contribution in [1.82, 2.24) is 0 Å². The molecule has 1 aromatic rings. The van der Waals surface area contributed by atoms with E-state index in [1.165, 1.54) is 0 Å². The molecule has 2 heterocycles. The second-order valence-corrected chi connectivity index (χ2v) is 6.08. The molecule has 114 valence electrons. The smallest absolute Gasteiger partial charge is 0.375 e. The fourth-order valence-corrected chi connectivity index (χ4v) is 3.40. The molecule has 0 aromatic heterocycles. The van der Waals surface area contributed by atoms with E-state index in [2.05, 4.69) is 0 Å². The molecule has 0 saturated carbocycles. The fourth-order valence-electron chi connectivity index (χ4n) is 3.40. The first-order valence-corrected chi connectivity index (χ1v) is 7.21. The van der Waals surface area contributed by atoms with E-state index < -0.39 is 11.7 Å². The average Bonchev–Trinajstić information content (AvgIpc) is 2.75. The number of halogens is 3. The number of benzene rings is 1. The van der Waals surface area contributed by atoms with Gasteiger partial charge < -0.3 is 4.74 Å². The van der Waals surface area contributed by atoms with E-state index in [9.17, 15) is 18.0 Å². The predicted octanol–water partition coefficient (Wildman–Crippen LogP) is 4.15. The molecule has 2 nitrogen and oxygen atoms in total. The summed E-state index contributed by atoms with van der Waals surface area (Å²) in [6.45, 7) is 1.58. The van der Waals surface area contributed by atoms with Gasteiger partial charge in [0.25, 0.3) is 0 Å². The van der Waals surface area contributed by atoms with Gasteiger partial charge in [0.1, 0.15) is 0 Å². The van der Waals surface area contributed by atoms with Gasteiger partial charge >= 0.3 is 6.18 Å². The number of alkyl halides is 3. The number of hydrogen-bond acceptors (Lipinski definition) is 2. The lowest BCUT2D eigenvalue weighted by Gasteiger charge is -2.27. The molecule has 2 unspecified atom stereocenters. The number of ether oxygens (including phenoxy) is 1. The van der Waals surface area contributed by atoms with Gasteiger partial charge in [0.15, 0.2) is 5.78 Å². The first-order chi connectivity index (χ1) is 9.83. The van der Waals surface area contributed by atoms with Gasteiger partial charge in [-0.2, -0.15) is 13.2 Å². The van der Waals surface area contributed by atoms with Crippen LogP contribution in [0.25, 0.3) is 0 Å². The monoisotopic (exact) mass is 298 g/mol. The van der Waals surface area contributed by atoms with Crippen LogP contribution in [-0.4, -0.2) is 18.0 Å². The van der Waals surface area contributed by atoms with Crippen LogP contribution in [0.4, 0.5) is 13.2 Å². The minimum absolute atomic E-state index is 0.101. The molecular weight excluding hydrogens is 281 g/mol. The average molecular weight is 298 g/mol. The second kappa shape index (κ2) is 5.13. The summed E-state index contributed by atoms with van der Waals surface area (Å²) in [4.78, 5) is 12.5. The van der Waals surface area contributed by atoms with Gasteiger partial charge in [0.05, 0.1) is 17.8 Å². The Kier molecular flexibility index (Phi) is 3.56. The number of fused-ring (bicyclic) bond motifs is 2. The molecule has 2 fully saturated rings. The number of carbonyl (C=O) groups is 1. The largest absolute Gasteiger partial charge is 0.416 e. The van der Waals surface area contributed by atoms with Gasteiger partial charge in [-0.25, -0.2) is 0 Å². The van der Waals surface area contributed by atoms with E-state index in [1.807, 2.05) is 0 Å². The lowest BCUT2D eigenvalue weighted by Crippen LogP contribution is -2.30. The van der Waals surface area contributed by atoms with Crippen molar-refractivity contribution in [2.24, 2.45) is 5.92 Å². The molecule has 2 aliphatic rings. The van der Waals surface area contributed by atoms with Crippen LogP contribution in [-0.2, 0) is 10.9 Å². The van der Waals surface area contributed by atoms with E-state index in [4.69, 9.17) is 4.74 Å².